The molecule has 0 aromatic heterocycles. The molecule has 0 bridgehead atoms. The quantitative estimate of drug-likeness (QED) is 0.165. The molecule has 0 aliphatic heterocycles. The van der Waals surface area contributed by atoms with Gasteiger partial charge in [0.2, 0.25) is 0 Å². The summed E-state index contributed by atoms with van der Waals surface area (Å²) < 4.78 is 69.9. The zero-order valence-corrected chi connectivity index (χ0v) is 18.4. The zero-order chi connectivity index (χ0) is 24.9. The highest BCUT2D eigenvalue weighted by Gasteiger charge is 2.09. The van der Waals surface area contributed by atoms with Gasteiger partial charge < -0.3 is 0 Å². The molecule has 0 heterocycles. The van der Waals surface area contributed by atoms with Crippen LogP contribution in [0.3, 0.4) is 0 Å². The van der Waals surface area contributed by atoms with Crippen LogP contribution in [0.5, 0.6) is 0 Å². The lowest BCUT2D eigenvalue weighted by molar-refractivity contribution is 0.511. The van der Waals surface area contributed by atoms with E-state index in [1.807, 2.05) is 0 Å². The second-order valence-electron chi connectivity index (χ2n) is 7.78. The zero-order valence-electron chi connectivity index (χ0n) is 18.4. The standard InChI is InChI=1S/C30H17F5/c1-2-3-4-21-15-27(32)25(28(33)16-21)12-8-20-6-10-22(26(31)14-20)9-5-19-7-11-23-17-29(34)30(35)18-24(23)13-19/h2,6-7,10-11,13-18H,1,3-4H2. The van der Waals surface area contributed by atoms with Crippen molar-refractivity contribution in [2.45, 2.75) is 12.8 Å². The minimum absolute atomic E-state index is 0.0878. The van der Waals surface area contributed by atoms with E-state index in [9.17, 15) is 22.0 Å². The van der Waals surface area contributed by atoms with Gasteiger partial charge in [0.15, 0.2) is 11.6 Å². The predicted octanol–water partition coefficient (Wildman–Crippen LogP) is 7.45. The van der Waals surface area contributed by atoms with Crippen molar-refractivity contribution in [3.05, 3.63) is 130 Å². The fourth-order valence-electron chi connectivity index (χ4n) is 3.45. The molecule has 0 aliphatic carbocycles. The molecule has 0 radical (unpaired) electrons. The Balaban J connectivity index is 1.56. The first-order chi connectivity index (χ1) is 16.8. The molecule has 0 atom stereocenters. The Morgan fingerprint density at radius 2 is 1.23 bits per heavy atom. The van der Waals surface area contributed by atoms with Crippen molar-refractivity contribution in [1.82, 2.24) is 0 Å². The van der Waals surface area contributed by atoms with Crippen molar-refractivity contribution in [1.29, 1.82) is 0 Å². The molecule has 172 valence electrons. The highest BCUT2D eigenvalue weighted by Crippen LogP contribution is 2.20. The first-order valence-electron chi connectivity index (χ1n) is 10.7. The van der Waals surface area contributed by atoms with Gasteiger partial charge in [0.05, 0.1) is 11.1 Å². The molecule has 4 aromatic carbocycles. The lowest BCUT2D eigenvalue weighted by atomic mass is 10.0. The monoisotopic (exact) mass is 472 g/mol. The first-order valence-corrected chi connectivity index (χ1v) is 10.7. The second kappa shape index (κ2) is 10.3. The third kappa shape index (κ3) is 5.60. The number of benzene rings is 4. The van der Waals surface area contributed by atoms with E-state index in [1.54, 1.807) is 24.3 Å². The third-order valence-electron chi connectivity index (χ3n) is 5.26. The van der Waals surface area contributed by atoms with E-state index in [0.717, 1.165) is 18.2 Å². The molecule has 5 heteroatoms. The Morgan fingerprint density at radius 1 is 0.600 bits per heavy atom. The summed E-state index contributed by atoms with van der Waals surface area (Å²) in [5.41, 5.74) is 0.928. The highest BCUT2D eigenvalue weighted by molar-refractivity contribution is 5.84. The maximum absolute atomic E-state index is 14.5. The Hall–Kier alpha value is -4.35. The summed E-state index contributed by atoms with van der Waals surface area (Å²) in [6.45, 7) is 3.59. The fourth-order valence-corrected chi connectivity index (χ4v) is 3.45. The average molecular weight is 472 g/mol. The first kappa shape index (κ1) is 23.8. The molecule has 4 aromatic rings. The van der Waals surface area contributed by atoms with E-state index in [-0.39, 0.29) is 16.7 Å². The van der Waals surface area contributed by atoms with Crippen LogP contribution in [0.1, 0.15) is 34.2 Å². The van der Waals surface area contributed by atoms with E-state index in [2.05, 4.69) is 30.3 Å². The van der Waals surface area contributed by atoms with Gasteiger partial charge >= 0.3 is 0 Å². The smallest absolute Gasteiger partial charge is 0.159 e. The van der Waals surface area contributed by atoms with Crippen LogP contribution in [0.4, 0.5) is 22.0 Å². The van der Waals surface area contributed by atoms with Crippen molar-refractivity contribution >= 4 is 10.8 Å². The maximum Gasteiger partial charge on any atom is 0.159 e. The molecular weight excluding hydrogens is 455 g/mol. The molecule has 0 spiro atoms. The Kier molecular flexibility index (Phi) is 6.99. The number of hydrogen-bond donors (Lipinski definition) is 0. The SMILES string of the molecule is C=CCCc1cc(F)c(C#Cc2ccc(C#Cc3ccc4cc(F)c(F)cc4c3)c(F)c2)c(F)c1. The Labute approximate surface area is 199 Å². The topological polar surface area (TPSA) is 0 Å². The van der Waals surface area contributed by atoms with Crippen LogP contribution in [-0.2, 0) is 6.42 Å². The van der Waals surface area contributed by atoms with Gasteiger partial charge in [-0.05, 0) is 83.8 Å². The number of aryl methyl sites for hydroxylation is 1. The normalized spacial score (nSPS) is 10.3. The van der Waals surface area contributed by atoms with Gasteiger partial charge in [-0.15, -0.1) is 6.58 Å². The summed E-state index contributed by atoms with van der Waals surface area (Å²) >= 11 is 0. The summed E-state index contributed by atoms with van der Waals surface area (Å²) in [6, 6.07) is 13.5. The van der Waals surface area contributed by atoms with E-state index in [1.165, 1.54) is 24.3 Å². The minimum Gasteiger partial charge on any atom is -0.206 e. The van der Waals surface area contributed by atoms with E-state index in [4.69, 9.17) is 0 Å². The van der Waals surface area contributed by atoms with Crippen LogP contribution in [0.2, 0.25) is 0 Å². The molecule has 4 rings (SSSR count). The van der Waals surface area contributed by atoms with E-state index >= 15 is 0 Å². The number of allylic oxidation sites excluding steroid dienone is 1. The van der Waals surface area contributed by atoms with E-state index < -0.39 is 29.1 Å². The molecule has 0 saturated carbocycles. The number of fused-ring (bicyclic) bond motifs is 1. The van der Waals surface area contributed by atoms with Gasteiger partial charge in [-0.1, -0.05) is 35.8 Å². The van der Waals surface area contributed by atoms with Crippen LogP contribution in [0, 0.1) is 52.8 Å². The van der Waals surface area contributed by atoms with Gasteiger partial charge in [-0.25, -0.2) is 22.0 Å². The summed E-state index contributed by atoms with van der Waals surface area (Å²) in [4.78, 5) is 0. The predicted molar refractivity (Wildman–Crippen MR) is 127 cm³/mol. The lowest BCUT2D eigenvalue weighted by Crippen LogP contribution is -1.95. The maximum atomic E-state index is 14.5. The lowest BCUT2D eigenvalue weighted by Gasteiger charge is -2.03. The van der Waals surface area contributed by atoms with Gasteiger partial charge in [-0.2, -0.15) is 0 Å². The molecule has 35 heavy (non-hydrogen) atoms. The summed E-state index contributed by atoms with van der Waals surface area (Å²) in [6.07, 6.45) is 2.72. The molecular formula is C30H17F5. The average Bonchev–Trinajstić information content (AvgIpc) is 2.82. The Bertz CT molecular complexity index is 1550. The van der Waals surface area contributed by atoms with Crippen molar-refractivity contribution < 1.29 is 22.0 Å². The van der Waals surface area contributed by atoms with Crippen molar-refractivity contribution in [2.75, 3.05) is 0 Å². The van der Waals surface area contributed by atoms with Crippen LogP contribution in [-0.4, -0.2) is 0 Å². The van der Waals surface area contributed by atoms with Gasteiger partial charge in [-0.3, -0.25) is 0 Å². The molecule has 0 nitrogen and oxygen atoms in total. The van der Waals surface area contributed by atoms with Crippen LogP contribution in [0.15, 0.2) is 73.3 Å². The molecule has 0 unspecified atom stereocenters. The fraction of sp³-hybridized carbons (Fsp3) is 0.0667. The van der Waals surface area contributed by atoms with Crippen LogP contribution in [0.25, 0.3) is 10.8 Å². The summed E-state index contributed by atoms with van der Waals surface area (Å²) in [7, 11) is 0. The number of hydrogen-bond acceptors (Lipinski definition) is 0. The molecule has 0 N–H and O–H groups in total. The highest BCUT2D eigenvalue weighted by atomic mass is 19.2. The molecule has 0 fully saturated rings. The molecule has 0 saturated heterocycles. The van der Waals surface area contributed by atoms with Gasteiger partial charge in [0, 0.05) is 11.1 Å². The second-order valence-corrected chi connectivity index (χ2v) is 7.78. The van der Waals surface area contributed by atoms with Gasteiger partial charge in [0.1, 0.15) is 17.5 Å². The van der Waals surface area contributed by atoms with E-state index in [0.29, 0.717) is 34.7 Å². The minimum atomic E-state index is -0.964. The molecule has 0 amide bonds. The number of rotatable bonds is 3. The van der Waals surface area contributed by atoms with Crippen molar-refractivity contribution in [2.24, 2.45) is 0 Å². The van der Waals surface area contributed by atoms with Crippen LogP contribution < -0.4 is 0 Å². The third-order valence-corrected chi connectivity index (χ3v) is 5.26. The van der Waals surface area contributed by atoms with Crippen molar-refractivity contribution in [3.8, 4) is 23.7 Å². The largest absolute Gasteiger partial charge is 0.206 e. The van der Waals surface area contributed by atoms with Crippen molar-refractivity contribution in [3.63, 3.8) is 0 Å². The summed E-state index contributed by atoms with van der Waals surface area (Å²) in [5.74, 6) is 6.38. The van der Waals surface area contributed by atoms with Gasteiger partial charge in [0.25, 0.3) is 0 Å². The summed E-state index contributed by atoms with van der Waals surface area (Å²) in [5, 5.41) is 0.984. The van der Waals surface area contributed by atoms with Crippen LogP contribution >= 0.6 is 0 Å². The Morgan fingerprint density at radius 3 is 1.91 bits per heavy atom. The number of halogens is 5. The molecule has 0 aliphatic rings.